The predicted molar refractivity (Wildman–Crippen MR) is 112 cm³/mol. The monoisotopic (exact) mass is 450 g/mol. The molecule has 0 atom stereocenters. The van der Waals surface area contributed by atoms with Gasteiger partial charge in [-0.05, 0) is 24.3 Å². The number of carbonyl (C=O) groups is 2. The zero-order valence-electron chi connectivity index (χ0n) is 14.8. The normalized spacial score (nSPS) is 10.5. The highest BCUT2D eigenvalue weighted by atomic mass is 32.2. The smallest absolute Gasteiger partial charge is 0.339 e. The molecule has 28 heavy (non-hydrogen) atoms. The Hall–Kier alpha value is -2.07. The Balaban J connectivity index is 1.95. The van der Waals surface area contributed by atoms with Gasteiger partial charge in [-0.2, -0.15) is 0 Å². The highest BCUT2D eigenvalue weighted by Crippen LogP contribution is 2.44. The molecule has 0 saturated carbocycles. The lowest BCUT2D eigenvalue weighted by atomic mass is 10.2. The van der Waals surface area contributed by atoms with E-state index in [1.54, 1.807) is 24.3 Å². The summed E-state index contributed by atoms with van der Waals surface area (Å²) in [6.07, 6.45) is 0. The SMILES string of the molecule is COC(=O)c1ccccc1Sc1sc(=O)sc1Sc1ccccc1C(=O)OC. The van der Waals surface area contributed by atoms with Gasteiger partial charge in [0.2, 0.25) is 0 Å². The van der Waals surface area contributed by atoms with E-state index >= 15 is 0 Å². The number of ether oxygens (including phenoxy) is 2. The van der Waals surface area contributed by atoms with Gasteiger partial charge in [0, 0.05) is 9.79 Å². The van der Waals surface area contributed by atoms with Crippen molar-refractivity contribution in [2.45, 2.75) is 18.2 Å². The van der Waals surface area contributed by atoms with E-state index in [2.05, 4.69) is 0 Å². The van der Waals surface area contributed by atoms with Crippen LogP contribution < -0.4 is 4.06 Å². The Bertz CT molecular complexity index is 988. The highest BCUT2D eigenvalue weighted by Gasteiger charge is 2.19. The Morgan fingerprint density at radius 2 is 1.14 bits per heavy atom. The van der Waals surface area contributed by atoms with Gasteiger partial charge in [-0.15, -0.1) is 0 Å². The summed E-state index contributed by atoms with van der Waals surface area (Å²) in [7, 11) is 2.66. The molecule has 0 N–H and O–H groups in total. The van der Waals surface area contributed by atoms with Crippen LogP contribution in [-0.2, 0) is 9.47 Å². The van der Waals surface area contributed by atoms with E-state index in [1.165, 1.54) is 37.7 Å². The minimum Gasteiger partial charge on any atom is -0.465 e. The van der Waals surface area contributed by atoms with Gasteiger partial charge < -0.3 is 9.47 Å². The highest BCUT2D eigenvalue weighted by molar-refractivity contribution is 8.05. The number of esters is 2. The molecule has 0 unspecified atom stereocenters. The van der Waals surface area contributed by atoms with Gasteiger partial charge in [0.1, 0.15) is 0 Å². The van der Waals surface area contributed by atoms with Crippen molar-refractivity contribution in [1.29, 1.82) is 0 Å². The van der Waals surface area contributed by atoms with Crippen LogP contribution in [0.4, 0.5) is 0 Å². The molecule has 0 aliphatic rings. The quantitative estimate of drug-likeness (QED) is 0.487. The Kier molecular flexibility index (Phi) is 6.95. The lowest BCUT2D eigenvalue weighted by Crippen LogP contribution is -2.02. The minimum absolute atomic E-state index is 0.0592. The summed E-state index contributed by atoms with van der Waals surface area (Å²) in [4.78, 5) is 37.5. The van der Waals surface area contributed by atoms with Crippen LogP contribution in [0.1, 0.15) is 20.7 Å². The van der Waals surface area contributed by atoms with Crippen molar-refractivity contribution in [2.75, 3.05) is 14.2 Å². The first-order valence-corrected chi connectivity index (χ1v) is 11.1. The number of methoxy groups -OCH3 is 2. The fourth-order valence-corrected chi connectivity index (χ4v) is 7.41. The number of benzene rings is 2. The van der Waals surface area contributed by atoms with Gasteiger partial charge in [-0.25, -0.2) is 9.59 Å². The third-order valence-electron chi connectivity index (χ3n) is 3.51. The summed E-state index contributed by atoms with van der Waals surface area (Å²) in [5, 5.41) is 0. The van der Waals surface area contributed by atoms with Gasteiger partial charge in [0.05, 0.1) is 33.8 Å². The fraction of sp³-hybridized carbons (Fsp3) is 0.105. The van der Waals surface area contributed by atoms with Crippen molar-refractivity contribution in [1.82, 2.24) is 0 Å². The molecule has 0 aliphatic heterocycles. The molecule has 0 aliphatic carbocycles. The molecule has 144 valence electrons. The van der Waals surface area contributed by atoms with E-state index in [4.69, 9.17) is 9.47 Å². The molecule has 0 saturated heterocycles. The van der Waals surface area contributed by atoms with Crippen molar-refractivity contribution in [2.24, 2.45) is 0 Å². The minimum atomic E-state index is -0.434. The Morgan fingerprint density at radius 3 is 1.54 bits per heavy atom. The van der Waals surface area contributed by atoms with Crippen LogP contribution in [0.3, 0.4) is 0 Å². The molecule has 1 heterocycles. The number of carbonyl (C=O) groups excluding carboxylic acids is 2. The van der Waals surface area contributed by atoms with Crippen LogP contribution in [0.25, 0.3) is 0 Å². The molecule has 5 nitrogen and oxygen atoms in total. The van der Waals surface area contributed by atoms with Crippen LogP contribution >= 0.6 is 46.2 Å². The van der Waals surface area contributed by atoms with Crippen molar-refractivity contribution in [3.63, 3.8) is 0 Å². The van der Waals surface area contributed by atoms with Crippen molar-refractivity contribution in [3.05, 3.63) is 68.5 Å². The molecule has 3 rings (SSSR count). The van der Waals surface area contributed by atoms with E-state index in [0.29, 0.717) is 20.9 Å². The first-order chi connectivity index (χ1) is 13.5. The molecule has 9 heteroatoms. The molecule has 3 aromatic rings. The standard InChI is InChI=1S/C19H14O5S4/c1-23-15(20)11-7-3-5-9-13(11)25-17-18(28-19(22)27-17)26-14-10-6-4-8-12(14)16(21)24-2/h3-10H,1-2H3. The van der Waals surface area contributed by atoms with Gasteiger partial charge in [-0.1, -0.05) is 70.5 Å². The summed E-state index contributed by atoms with van der Waals surface area (Å²) >= 11 is 4.90. The summed E-state index contributed by atoms with van der Waals surface area (Å²) in [5.74, 6) is -0.869. The number of rotatable bonds is 6. The van der Waals surface area contributed by atoms with Gasteiger partial charge >= 0.3 is 11.9 Å². The summed E-state index contributed by atoms with van der Waals surface area (Å²) < 4.78 is 11.1. The Labute approximate surface area is 177 Å². The van der Waals surface area contributed by atoms with E-state index in [9.17, 15) is 14.4 Å². The predicted octanol–water partition coefficient (Wildman–Crippen LogP) is 5.05. The molecular weight excluding hydrogens is 436 g/mol. The van der Waals surface area contributed by atoms with Gasteiger partial charge in [-0.3, -0.25) is 4.79 Å². The average molecular weight is 451 g/mol. The Morgan fingerprint density at radius 1 is 0.750 bits per heavy atom. The van der Waals surface area contributed by atoms with Crippen LogP contribution in [0.15, 0.2) is 71.5 Å². The topological polar surface area (TPSA) is 69.7 Å². The van der Waals surface area contributed by atoms with Crippen molar-refractivity contribution >= 4 is 58.1 Å². The number of hydrogen-bond acceptors (Lipinski definition) is 9. The molecular formula is C19H14O5S4. The third-order valence-corrected chi connectivity index (χ3v) is 8.57. The van der Waals surface area contributed by atoms with E-state index in [1.807, 2.05) is 24.3 Å². The molecule has 0 spiro atoms. The first-order valence-electron chi connectivity index (χ1n) is 7.87. The summed E-state index contributed by atoms with van der Waals surface area (Å²) in [6, 6.07) is 14.1. The van der Waals surface area contributed by atoms with Crippen molar-refractivity contribution < 1.29 is 19.1 Å². The molecule has 0 bridgehead atoms. The maximum absolute atomic E-state index is 12.1. The van der Waals surface area contributed by atoms with E-state index in [-0.39, 0.29) is 4.06 Å². The second-order valence-corrected chi connectivity index (χ2v) is 10.1. The zero-order chi connectivity index (χ0) is 20.1. The van der Waals surface area contributed by atoms with Crippen LogP contribution in [0.5, 0.6) is 0 Å². The molecule has 0 amide bonds. The zero-order valence-corrected chi connectivity index (χ0v) is 18.1. The van der Waals surface area contributed by atoms with Gasteiger partial charge in [0.15, 0.2) is 0 Å². The van der Waals surface area contributed by atoms with Crippen LogP contribution in [0, 0.1) is 0 Å². The van der Waals surface area contributed by atoms with E-state index in [0.717, 1.165) is 31.1 Å². The summed E-state index contributed by atoms with van der Waals surface area (Å²) in [5.41, 5.74) is 0.874. The molecule has 0 fully saturated rings. The molecule has 2 aromatic carbocycles. The summed E-state index contributed by atoms with van der Waals surface area (Å²) in [6.45, 7) is 0. The number of hydrogen-bond donors (Lipinski definition) is 0. The van der Waals surface area contributed by atoms with E-state index < -0.39 is 11.9 Å². The van der Waals surface area contributed by atoms with Crippen LogP contribution in [0.2, 0.25) is 0 Å². The van der Waals surface area contributed by atoms with Crippen molar-refractivity contribution in [3.8, 4) is 0 Å². The maximum atomic E-state index is 12.1. The maximum Gasteiger partial charge on any atom is 0.339 e. The van der Waals surface area contributed by atoms with Gasteiger partial charge in [0.25, 0.3) is 4.06 Å². The second-order valence-electron chi connectivity index (χ2n) is 5.21. The second kappa shape index (κ2) is 9.42. The first kappa shape index (κ1) is 20.7. The third kappa shape index (κ3) is 4.67. The lowest BCUT2D eigenvalue weighted by molar-refractivity contribution is 0.0588. The largest absolute Gasteiger partial charge is 0.465 e. The molecule has 0 radical (unpaired) electrons. The fourth-order valence-electron chi connectivity index (χ4n) is 2.25. The molecule has 1 aromatic heterocycles. The van der Waals surface area contributed by atoms with Crippen LogP contribution in [-0.4, -0.2) is 26.2 Å². The average Bonchev–Trinajstić information content (AvgIpc) is 3.06. The lowest BCUT2D eigenvalue weighted by Gasteiger charge is -2.09.